The predicted octanol–water partition coefficient (Wildman–Crippen LogP) is -0.358. The summed E-state index contributed by atoms with van der Waals surface area (Å²) in [6.07, 6.45) is 0.855. The number of nitrogens with one attached hydrogen (secondary N) is 1. The van der Waals surface area contributed by atoms with E-state index < -0.39 is 0 Å². The van der Waals surface area contributed by atoms with E-state index in [0.29, 0.717) is 31.6 Å². The van der Waals surface area contributed by atoms with E-state index in [4.69, 9.17) is 0 Å². The highest BCUT2D eigenvalue weighted by molar-refractivity contribution is 5.79. The third-order valence-corrected chi connectivity index (χ3v) is 2.40. The first-order valence-corrected chi connectivity index (χ1v) is 4.59. The molecule has 0 aliphatic carbocycles. The molecular formula is C9H16N2O2. The number of nitrogens with zero attached hydrogens (tertiary/aromatic N) is 1. The molecule has 0 radical (unpaired) electrons. The Morgan fingerprint density at radius 3 is 2.92 bits per heavy atom. The second-order valence-corrected chi connectivity index (χ2v) is 3.71. The van der Waals surface area contributed by atoms with Crippen molar-refractivity contribution in [2.24, 2.45) is 5.92 Å². The second-order valence-electron chi connectivity index (χ2n) is 3.71. The van der Waals surface area contributed by atoms with Crippen LogP contribution in [0.25, 0.3) is 0 Å². The fourth-order valence-electron chi connectivity index (χ4n) is 1.66. The summed E-state index contributed by atoms with van der Waals surface area (Å²) in [7, 11) is 0. The number of carbonyl (C=O) groups excluding carboxylic acids is 2. The molecule has 1 amide bonds. The molecule has 1 fully saturated rings. The molecule has 74 valence electrons. The number of rotatable bonds is 3. The van der Waals surface area contributed by atoms with Gasteiger partial charge in [-0.15, -0.1) is 0 Å². The Balaban J connectivity index is 2.59. The van der Waals surface area contributed by atoms with Crippen molar-refractivity contribution in [2.75, 3.05) is 19.6 Å². The Kier molecular flexibility index (Phi) is 3.42. The van der Waals surface area contributed by atoms with E-state index in [-0.39, 0.29) is 5.91 Å². The highest BCUT2D eigenvalue weighted by Crippen LogP contribution is 2.11. The van der Waals surface area contributed by atoms with Gasteiger partial charge in [0.2, 0.25) is 5.91 Å². The zero-order valence-electron chi connectivity index (χ0n) is 8.12. The second kappa shape index (κ2) is 4.37. The molecule has 0 aromatic rings. The first-order valence-electron chi connectivity index (χ1n) is 4.59. The average Bonchev–Trinajstić information content (AvgIpc) is 2.04. The average molecular weight is 184 g/mol. The zero-order chi connectivity index (χ0) is 9.84. The fourth-order valence-corrected chi connectivity index (χ4v) is 1.66. The molecule has 1 unspecified atom stereocenters. The quantitative estimate of drug-likeness (QED) is 0.609. The highest BCUT2D eigenvalue weighted by atomic mass is 16.2. The van der Waals surface area contributed by atoms with Crippen LogP contribution in [-0.2, 0) is 9.59 Å². The van der Waals surface area contributed by atoms with Gasteiger partial charge in [0.15, 0.2) is 0 Å². The summed E-state index contributed by atoms with van der Waals surface area (Å²) in [6.45, 7) is 5.56. The molecular weight excluding hydrogens is 168 g/mol. The van der Waals surface area contributed by atoms with E-state index in [1.807, 2.05) is 4.90 Å². The number of carbonyl (C=O) groups is 2. The molecule has 13 heavy (non-hydrogen) atoms. The van der Waals surface area contributed by atoms with Gasteiger partial charge in [0, 0.05) is 12.6 Å². The molecule has 0 aromatic heterocycles. The van der Waals surface area contributed by atoms with Crippen molar-refractivity contribution in [3.8, 4) is 0 Å². The smallest absolute Gasteiger partial charge is 0.234 e. The lowest BCUT2D eigenvalue weighted by atomic mass is 10.0. The number of piperazine rings is 1. The molecule has 1 N–H and O–H groups in total. The van der Waals surface area contributed by atoms with Gasteiger partial charge in [0.05, 0.1) is 13.1 Å². The molecule has 0 spiro atoms. The SMILES string of the molecule is CC(C)C1CNC(=O)CN1CC=O. The first kappa shape index (κ1) is 10.2. The molecule has 1 aliphatic heterocycles. The summed E-state index contributed by atoms with van der Waals surface area (Å²) in [5.74, 6) is 0.472. The van der Waals surface area contributed by atoms with Gasteiger partial charge in [-0.1, -0.05) is 13.8 Å². The largest absolute Gasteiger partial charge is 0.353 e. The van der Waals surface area contributed by atoms with Crippen molar-refractivity contribution >= 4 is 12.2 Å². The van der Waals surface area contributed by atoms with E-state index in [0.717, 1.165) is 6.29 Å². The van der Waals surface area contributed by atoms with Crippen molar-refractivity contribution < 1.29 is 9.59 Å². The predicted molar refractivity (Wildman–Crippen MR) is 49.3 cm³/mol. The molecule has 1 saturated heterocycles. The fraction of sp³-hybridized carbons (Fsp3) is 0.778. The van der Waals surface area contributed by atoms with Crippen LogP contribution in [0.2, 0.25) is 0 Å². The van der Waals surface area contributed by atoms with Crippen LogP contribution in [-0.4, -0.2) is 42.8 Å². The Hall–Kier alpha value is -0.900. The minimum atomic E-state index is 0.0127. The first-order chi connectivity index (χ1) is 6.15. The van der Waals surface area contributed by atoms with Crippen LogP contribution in [0, 0.1) is 5.92 Å². The Morgan fingerprint density at radius 2 is 2.38 bits per heavy atom. The van der Waals surface area contributed by atoms with Gasteiger partial charge in [0.25, 0.3) is 0 Å². The van der Waals surface area contributed by atoms with Crippen LogP contribution in [0.4, 0.5) is 0 Å². The lowest BCUT2D eigenvalue weighted by molar-refractivity contribution is -0.126. The molecule has 1 heterocycles. The summed E-state index contributed by atoms with van der Waals surface area (Å²) >= 11 is 0. The van der Waals surface area contributed by atoms with Gasteiger partial charge in [-0.3, -0.25) is 9.69 Å². The monoisotopic (exact) mass is 184 g/mol. The minimum Gasteiger partial charge on any atom is -0.353 e. The van der Waals surface area contributed by atoms with E-state index >= 15 is 0 Å². The third kappa shape index (κ3) is 2.52. The summed E-state index contributed by atoms with van der Waals surface area (Å²) in [6, 6.07) is 0.294. The van der Waals surface area contributed by atoms with Crippen LogP contribution in [0.3, 0.4) is 0 Å². The summed E-state index contributed by atoms with van der Waals surface area (Å²) in [5.41, 5.74) is 0. The van der Waals surface area contributed by atoms with Crippen LogP contribution in [0.5, 0.6) is 0 Å². The maximum atomic E-state index is 11.0. The molecule has 4 nitrogen and oxygen atoms in total. The summed E-state index contributed by atoms with van der Waals surface area (Å²) < 4.78 is 0. The highest BCUT2D eigenvalue weighted by Gasteiger charge is 2.27. The van der Waals surface area contributed by atoms with E-state index in [9.17, 15) is 9.59 Å². The van der Waals surface area contributed by atoms with E-state index in [2.05, 4.69) is 19.2 Å². The topological polar surface area (TPSA) is 49.4 Å². The molecule has 0 bridgehead atoms. The van der Waals surface area contributed by atoms with Gasteiger partial charge in [-0.05, 0) is 5.92 Å². The van der Waals surface area contributed by atoms with Gasteiger partial charge >= 0.3 is 0 Å². The summed E-state index contributed by atoms with van der Waals surface area (Å²) in [5, 5.41) is 2.81. The van der Waals surface area contributed by atoms with Crippen LogP contribution >= 0.6 is 0 Å². The number of aldehydes is 1. The normalized spacial score (nSPS) is 24.5. The van der Waals surface area contributed by atoms with Gasteiger partial charge in [-0.2, -0.15) is 0 Å². The Morgan fingerprint density at radius 1 is 1.69 bits per heavy atom. The minimum absolute atomic E-state index is 0.0127. The van der Waals surface area contributed by atoms with Crippen LogP contribution in [0.15, 0.2) is 0 Å². The molecule has 4 heteroatoms. The third-order valence-electron chi connectivity index (χ3n) is 2.40. The van der Waals surface area contributed by atoms with Crippen LogP contribution in [0.1, 0.15) is 13.8 Å². The summed E-state index contributed by atoms with van der Waals surface area (Å²) in [4.78, 5) is 23.3. The van der Waals surface area contributed by atoms with Gasteiger partial charge in [0.1, 0.15) is 6.29 Å². The van der Waals surface area contributed by atoms with E-state index in [1.165, 1.54) is 0 Å². The van der Waals surface area contributed by atoms with Gasteiger partial charge in [-0.25, -0.2) is 0 Å². The number of hydrogen-bond donors (Lipinski definition) is 1. The van der Waals surface area contributed by atoms with Crippen molar-refractivity contribution in [3.63, 3.8) is 0 Å². The Bertz CT molecular complexity index is 204. The maximum Gasteiger partial charge on any atom is 0.234 e. The van der Waals surface area contributed by atoms with Crippen LogP contribution < -0.4 is 5.32 Å². The number of hydrogen-bond acceptors (Lipinski definition) is 3. The lowest BCUT2D eigenvalue weighted by Gasteiger charge is -2.36. The van der Waals surface area contributed by atoms with Crippen molar-refractivity contribution in [1.29, 1.82) is 0 Å². The van der Waals surface area contributed by atoms with E-state index in [1.54, 1.807) is 0 Å². The van der Waals surface area contributed by atoms with Crippen molar-refractivity contribution in [1.82, 2.24) is 10.2 Å². The molecule has 0 saturated carbocycles. The van der Waals surface area contributed by atoms with Crippen molar-refractivity contribution in [2.45, 2.75) is 19.9 Å². The lowest BCUT2D eigenvalue weighted by Crippen LogP contribution is -2.56. The molecule has 1 atom stereocenters. The maximum absolute atomic E-state index is 11.0. The molecule has 1 aliphatic rings. The standard InChI is InChI=1S/C9H16N2O2/c1-7(2)8-5-10-9(13)6-11(8)3-4-12/h4,7-8H,3,5-6H2,1-2H3,(H,10,13). The number of amides is 1. The van der Waals surface area contributed by atoms with Crippen molar-refractivity contribution in [3.05, 3.63) is 0 Å². The molecule has 0 aromatic carbocycles. The van der Waals surface area contributed by atoms with Gasteiger partial charge < -0.3 is 10.1 Å². The zero-order valence-corrected chi connectivity index (χ0v) is 8.12. The Labute approximate surface area is 78.3 Å². The molecule has 1 rings (SSSR count).